The standard InChI is InChI=1S/C14H22N2O/c1-10(13(17)15-5)16-12-9-7-6-8-11(12)14(2,3)4/h6-10,16H,1-5H3,(H,15,17). The zero-order valence-electron chi connectivity index (χ0n) is 11.3. The molecule has 17 heavy (non-hydrogen) atoms. The van der Waals surface area contributed by atoms with E-state index in [2.05, 4.69) is 37.5 Å². The molecule has 3 heteroatoms. The van der Waals surface area contributed by atoms with Gasteiger partial charge in [0, 0.05) is 12.7 Å². The number of para-hydroxylation sites is 1. The largest absolute Gasteiger partial charge is 0.374 e. The van der Waals surface area contributed by atoms with Crippen molar-refractivity contribution in [2.45, 2.75) is 39.2 Å². The Kier molecular flexibility index (Phi) is 4.16. The van der Waals surface area contributed by atoms with Gasteiger partial charge in [-0.2, -0.15) is 0 Å². The van der Waals surface area contributed by atoms with Gasteiger partial charge in [0.25, 0.3) is 0 Å². The van der Waals surface area contributed by atoms with Crippen molar-refractivity contribution in [3.05, 3.63) is 29.8 Å². The first-order valence-electron chi connectivity index (χ1n) is 5.94. The van der Waals surface area contributed by atoms with Crippen molar-refractivity contribution in [1.29, 1.82) is 0 Å². The summed E-state index contributed by atoms with van der Waals surface area (Å²) in [6, 6.07) is 7.88. The molecule has 0 bridgehead atoms. The third-order valence-corrected chi connectivity index (χ3v) is 2.75. The van der Waals surface area contributed by atoms with Gasteiger partial charge >= 0.3 is 0 Å². The Labute approximate surface area is 104 Å². The van der Waals surface area contributed by atoms with Crippen LogP contribution in [-0.4, -0.2) is 19.0 Å². The Bertz CT molecular complexity index is 393. The normalized spacial score (nSPS) is 13.0. The molecule has 0 saturated heterocycles. The van der Waals surface area contributed by atoms with Gasteiger partial charge in [-0.15, -0.1) is 0 Å². The average molecular weight is 234 g/mol. The minimum Gasteiger partial charge on any atom is -0.374 e. The maximum Gasteiger partial charge on any atom is 0.241 e. The van der Waals surface area contributed by atoms with E-state index in [0.29, 0.717) is 0 Å². The Morgan fingerprint density at radius 1 is 1.24 bits per heavy atom. The predicted molar refractivity (Wildman–Crippen MR) is 72.3 cm³/mol. The van der Waals surface area contributed by atoms with E-state index in [1.807, 2.05) is 25.1 Å². The van der Waals surface area contributed by atoms with Crippen molar-refractivity contribution in [1.82, 2.24) is 5.32 Å². The van der Waals surface area contributed by atoms with E-state index >= 15 is 0 Å². The molecule has 0 spiro atoms. The molecule has 0 heterocycles. The number of nitrogens with one attached hydrogen (secondary N) is 2. The van der Waals surface area contributed by atoms with E-state index in [-0.39, 0.29) is 17.4 Å². The molecule has 0 saturated carbocycles. The lowest BCUT2D eigenvalue weighted by atomic mass is 9.85. The molecule has 0 aliphatic carbocycles. The quantitative estimate of drug-likeness (QED) is 0.844. The number of benzene rings is 1. The van der Waals surface area contributed by atoms with Crippen LogP contribution in [-0.2, 0) is 10.2 Å². The molecule has 1 aromatic carbocycles. The molecule has 0 fully saturated rings. The van der Waals surface area contributed by atoms with Crippen molar-refractivity contribution in [2.24, 2.45) is 0 Å². The highest BCUT2D eigenvalue weighted by Crippen LogP contribution is 2.29. The van der Waals surface area contributed by atoms with E-state index in [9.17, 15) is 4.79 Å². The maximum atomic E-state index is 11.5. The highest BCUT2D eigenvalue weighted by Gasteiger charge is 2.19. The number of anilines is 1. The summed E-state index contributed by atoms with van der Waals surface area (Å²) in [4.78, 5) is 11.5. The lowest BCUT2D eigenvalue weighted by molar-refractivity contribution is -0.121. The second kappa shape index (κ2) is 5.21. The second-order valence-electron chi connectivity index (χ2n) is 5.28. The Morgan fingerprint density at radius 2 is 1.82 bits per heavy atom. The van der Waals surface area contributed by atoms with Crippen molar-refractivity contribution >= 4 is 11.6 Å². The third-order valence-electron chi connectivity index (χ3n) is 2.75. The van der Waals surface area contributed by atoms with Gasteiger partial charge < -0.3 is 10.6 Å². The summed E-state index contributed by atoms with van der Waals surface area (Å²) in [6.07, 6.45) is 0. The molecule has 0 aliphatic rings. The molecule has 94 valence electrons. The second-order valence-corrected chi connectivity index (χ2v) is 5.28. The van der Waals surface area contributed by atoms with Crippen LogP contribution in [0.25, 0.3) is 0 Å². The zero-order valence-corrected chi connectivity index (χ0v) is 11.3. The molecule has 0 radical (unpaired) electrons. The molecule has 1 amide bonds. The van der Waals surface area contributed by atoms with Crippen LogP contribution in [0.5, 0.6) is 0 Å². The lowest BCUT2D eigenvalue weighted by Crippen LogP contribution is -2.35. The number of rotatable bonds is 3. The first-order valence-corrected chi connectivity index (χ1v) is 5.94. The molecule has 1 aromatic rings. The van der Waals surface area contributed by atoms with Gasteiger partial charge in [0.15, 0.2) is 0 Å². The number of carbonyl (C=O) groups is 1. The van der Waals surface area contributed by atoms with E-state index in [4.69, 9.17) is 0 Å². The van der Waals surface area contributed by atoms with E-state index in [1.165, 1.54) is 5.56 Å². The molecule has 3 nitrogen and oxygen atoms in total. The Morgan fingerprint density at radius 3 is 2.35 bits per heavy atom. The molecule has 0 aliphatic heterocycles. The fourth-order valence-corrected chi connectivity index (χ4v) is 1.78. The number of likely N-dealkylation sites (N-methyl/N-ethyl adjacent to an activating group) is 1. The maximum absolute atomic E-state index is 11.5. The van der Waals surface area contributed by atoms with Crippen LogP contribution in [0.1, 0.15) is 33.3 Å². The van der Waals surface area contributed by atoms with E-state index in [1.54, 1.807) is 7.05 Å². The zero-order chi connectivity index (χ0) is 13.1. The van der Waals surface area contributed by atoms with E-state index in [0.717, 1.165) is 5.69 Å². The van der Waals surface area contributed by atoms with Crippen LogP contribution in [0.2, 0.25) is 0 Å². The van der Waals surface area contributed by atoms with E-state index < -0.39 is 0 Å². The lowest BCUT2D eigenvalue weighted by Gasteiger charge is -2.25. The Balaban J connectivity index is 2.95. The highest BCUT2D eigenvalue weighted by atomic mass is 16.2. The fourth-order valence-electron chi connectivity index (χ4n) is 1.78. The van der Waals surface area contributed by atoms with Gasteiger partial charge in [0.2, 0.25) is 5.91 Å². The van der Waals surface area contributed by atoms with Crippen LogP contribution < -0.4 is 10.6 Å². The number of amides is 1. The van der Waals surface area contributed by atoms with Gasteiger partial charge in [0.05, 0.1) is 0 Å². The number of hydrogen-bond acceptors (Lipinski definition) is 2. The molecule has 1 unspecified atom stereocenters. The van der Waals surface area contributed by atoms with Crippen LogP contribution in [0.3, 0.4) is 0 Å². The van der Waals surface area contributed by atoms with Crippen LogP contribution >= 0.6 is 0 Å². The first kappa shape index (κ1) is 13.6. The van der Waals surface area contributed by atoms with Gasteiger partial charge in [-0.1, -0.05) is 39.0 Å². The van der Waals surface area contributed by atoms with Crippen LogP contribution in [0, 0.1) is 0 Å². The van der Waals surface area contributed by atoms with Gasteiger partial charge in [-0.25, -0.2) is 0 Å². The SMILES string of the molecule is CNC(=O)C(C)Nc1ccccc1C(C)(C)C. The topological polar surface area (TPSA) is 41.1 Å². The first-order chi connectivity index (χ1) is 7.86. The van der Waals surface area contributed by atoms with Gasteiger partial charge in [0.1, 0.15) is 6.04 Å². The predicted octanol–water partition coefficient (Wildman–Crippen LogP) is 2.53. The molecule has 1 atom stereocenters. The summed E-state index contributed by atoms with van der Waals surface area (Å²) >= 11 is 0. The van der Waals surface area contributed by atoms with Crippen LogP contribution in [0.15, 0.2) is 24.3 Å². The van der Waals surface area contributed by atoms with Gasteiger partial charge in [-0.05, 0) is 24.0 Å². The Hall–Kier alpha value is -1.51. The molecule has 0 aromatic heterocycles. The molecular formula is C14H22N2O. The number of hydrogen-bond donors (Lipinski definition) is 2. The summed E-state index contributed by atoms with van der Waals surface area (Å²) < 4.78 is 0. The molecular weight excluding hydrogens is 212 g/mol. The number of carbonyl (C=O) groups excluding carboxylic acids is 1. The summed E-state index contributed by atoms with van der Waals surface area (Å²) in [5.74, 6) is -0.00582. The fraction of sp³-hybridized carbons (Fsp3) is 0.500. The summed E-state index contributed by atoms with van der Waals surface area (Å²) in [5, 5.41) is 5.90. The minimum absolute atomic E-state index is 0.00582. The molecule has 2 N–H and O–H groups in total. The summed E-state index contributed by atoms with van der Waals surface area (Å²) in [5.41, 5.74) is 2.30. The summed E-state index contributed by atoms with van der Waals surface area (Å²) in [6.45, 7) is 8.35. The van der Waals surface area contributed by atoms with Crippen molar-refractivity contribution in [3.63, 3.8) is 0 Å². The highest BCUT2D eigenvalue weighted by molar-refractivity contribution is 5.84. The molecule has 1 rings (SSSR count). The van der Waals surface area contributed by atoms with Crippen molar-refractivity contribution < 1.29 is 4.79 Å². The van der Waals surface area contributed by atoms with Crippen molar-refractivity contribution in [2.75, 3.05) is 12.4 Å². The average Bonchev–Trinajstić information content (AvgIpc) is 2.27. The van der Waals surface area contributed by atoms with Crippen molar-refractivity contribution in [3.8, 4) is 0 Å². The monoisotopic (exact) mass is 234 g/mol. The van der Waals surface area contributed by atoms with Crippen LogP contribution in [0.4, 0.5) is 5.69 Å². The van der Waals surface area contributed by atoms with Gasteiger partial charge in [-0.3, -0.25) is 4.79 Å². The smallest absolute Gasteiger partial charge is 0.241 e. The summed E-state index contributed by atoms with van der Waals surface area (Å²) in [7, 11) is 1.65. The third kappa shape index (κ3) is 3.48. The minimum atomic E-state index is -0.233.